The highest BCUT2D eigenvalue weighted by Gasteiger charge is 2.19. The third kappa shape index (κ3) is 51.9. The third-order valence-corrected chi connectivity index (χ3v) is 10.0. The molecular weight excluding hydrogens is 829 g/mol. The predicted molar refractivity (Wildman–Crippen MR) is 288 cm³/mol. The Kier molecular flexibility index (Phi) is 49.7. The van der Waals surface area contributed by atoms with E-state index in [4.69, 9.17) is 14.2 Å². The van der Waals surface area contributed by atoms with E-state index < -0.39 is 6.10 Å². The predicted octanol–water partition coefficient (Wildman–Crippen LogP) is 17.4. The molecule has 0 atom stereocenters. The van der Waals surface area contributed by atoms with Crippen molar-refractivity contribution in [3.8, 4) is 0 Å². The summed E-state index contributed by atoms with van der Waals surface area (Å²) >= 11 is 0. The molecule has 0 amide bonds. The fourth-order valence-electron chi connectivity index (χ4n) is 6.23. The first-order chi connectivity index (χ1) is 33.0. The molecule has 67 heavy (non-hydrogen) atoms. The first-order valence-electron chi connectivity index (χ1n) is 26.0. The van der Waals surface area contributed by atoms with E-state index in [2.05, 4.69) is 179 Å². The van der Waals surface area contributed by atoms with Crippen molar-refractivity contribution in [2.75, 3.05) is 13.2 Å². The van der Waals surface area contributed by atoms with Gasteiger partial charge in [-0.15, -0.1) is 0 Å². The van der Waals surface area contributed by atoms with Crippen LogP contribution in [-0.2, 0) is 28.6 Å². The van der Waals surface area contributed by atoms with Crippen LogP contribution in [0.3, 0.4) is 0 Å². The van der Waals surface area contributed by atoms with Gasteiger partial charge in [0.2, 0.25) is 0 Å². The van der Waals surface area contributed by atoms with Gasteiger partial charge in [0.15, 0.2) is 6.10 Å². The average Bonchev–Trinajstić information content (AvgIpc) is 3.33. The Morgan fingerprint density at radius 1 is 0.299 bits per heavy atom. The quantitative estimate of drug-likeness (QED) is 0.0262. The SMILES string of the molecule is CC/C=C\C/C=C\C/C=C\C/C=C\C/C=C\CCCC(=O)OCC(COC(=O)CCC/C=C\C/C=C\C/C=C\C/C=C\C/C=C\CC)OC(=O)CCCCCCC/C=C\C/C=C\C/C=C\CC. The minimum absolute atomic E-state index is 0.140. The first-order valence-corrected chi connectivity index (χ1v) is 26.0. The lowest BCUT2D eigenvalue weighted by molar-refractivity contribution is -0.167. The van der Waals surface area contributed by atoms with Crippen molar-refractivity contribution in [2.45, 2.75) is 194 Å². The summed E-state index contributed by atoms with van der Waals surface area (Å²) in [4.78, 5) is 38.0. The van der Waals surface area contributed by atoms with Crippen molar-refractivity contribution in [1.29, 1.82) is 0 Å². The standard InChI is InChI=1S/C61H92O6/c1-4-7-10-13-16-19-22-25-28-30-33-35-38-41-44-47-50-53-59(62)65-56-58(67-61(64)55-52-49-46-43-40-37-32-27-24-21-18-15-12-9-6-3)57-66-60(63)54-51-48-45-42-39-36-34-31-29-26-23-20-17-14-11-8-5-2/h7-12,16-21,25-29,32-36,41-42,44-45,58H,4-6,13-15,22-24,30-31,37-40,43,46-57H2,1-3H3/b10-7-,11-8-,12-9-,19-16-,20-17-,21-18-,28-25-,29-26-,32-27-,35-33-,36-34-,44-41-,45-42-. The summed E-state index contributed by atoms with van der Waals surface area (Å²) < 4.78 is 16.7. The van der Waals surface area contributed by atoms with Gasteiger partial charge < -0.3 is 14.2 Å². The van der Waals surface area contributed by atoms with Crippen LogP contribution >= 0.6 is 0 Å². The zero-order chi connectivity index (χ0) is 48.6. The number of hydrogen-bond acceptors (Lipinski definition) is 6. The summed E-state index contributed by atoms with van der Waals surface area (Å²) in [5.74, 6) is -1.08. The Bertz CT molecular complexity index is 1490. The molecule has 0 saturated heterocycles. The Morgan fingerprint density at radius 2 is 0.552 bits per heavy atom. The van der Waals surface area contributed by atoms with Crippen LogP contribution in [0.1, 0.15) is 188 Å². The van der Waals surface area contributed by atoms with Gasteiger partial charge in [0, 0.05) is 19.3 Å². The summed E-state index contributed by atoms with van der Waals surface area (Å²) in [6.45, 7) is 6.15. The largest absolute Gasteiger partial charge is 0.462 e. The van der Waals surface area contributed by atoms with Crippen LogP contribution in [0.4, 0.5) is 0 Å². The molecule has 0 unspecified atom stereocenters. The number of allylic oxidation sites excluding steroid dienone is 26. The molecule has 0 spiro atoms. The number of rotatable bonds is 44. The van der Waals surface area contributed by atoms with E-state index in [-0.39, 0.29) is 50.4 Å². The summed E-state index contributed by atoms with van der Waals surface area (Å²) in [6, 6.07) is 0. The number of carbonyl (C=O) groups excluding carboxylic acids is 3. The van der Waals surface area contributed by atoms with Crippen LogP contribution in [0.15, 0.2) is 158 Å². The molecule has 0 aliphatic rings. The van der Waals surface area contributed by atoms with Crippen molar-refractivity contribution in [1.82, 2.24) is 0 Å². The molecule has 0 aromatic heterocycles. The highest BCUT2D eigenvalue weighted by Crippen LogP contribution is 2.11. The monoisotopic (exact) mass is 921 g/mol. The van der Waals surface area contributed by atoms with Crippen LogP contribution in [0.5, 0.6) is 0 Å². The van der Waals surface area contributed by atoms with Crippen molar-refractivity contribution < 1.29 is 28.6 Å². The van der Waals surface area contributed by atoms with Crippen LogP contribution in [0.25, 0.3) is 0 Å². The Morgan fingerprint density at radius 3 is 0.881 bits per heavy atom. The second-order valence-corrected chi connectivity index (χ2v) is 16.3. The maximum atomic E-state index is 12.8. The lowest BCUT2D eigenvalue weighted by Crippen LogP contribution is -2.30. The number of ether oxygens (including phenoxy) is 3. The molecule has 0 aliphatic heterocycles. The number of carbonyl (C=O) groups is 3. The molecule has 0 bridgehead atoms. The van der Waals surface area contributed by atoms with Gasteiger partial charge in [0.25, 0.3) is 0 Å². The van der Waals surface area contributed by atoms with Crippen molar-refractivity contribution >= 4 is 17.9 Å². The van der Waals surface area contributed by atoms with E-state index in [1.165, 1.54) is 0 Å². The van der Waals surface area contributed by atoms with Gasteiger partial charge in [-0.3, -0.25) is 14.4 Å². The second kappa shape index (κ2) is 53.6. The van der Waals surface area contributed by atoms with Gasteiger partial charge >= 0.3 is 17.9 Å². The zero-order valence-corrected chi connectivity index (χ0v) is 42.3. The molecule has 0 aromatic carbocycles. The van der Waals surface area contributed by atoms with E-state index in [0.717, 1.165) is 135 Å². The molecule has 0 radical (unpaired) electrons. The third-order valence-electron chi connectivity index (χ3n) is 10.0. The van der Waals surface area contributed by atoms with Gasteiger partial charge in [-0.25, -0.2) is 0 Å². The van der Waals surface area contributed by atoms with E-state index in [1.807, 2.05) is 0 Å². The fourth-order valence-corrected chi connectivity index (χ4v) is 6.23. The van der Waals surface area contributed by atoms with E-state index in [0.29, 0.717) is 12.8 Å². The zero-order valence-electron chi connectivity index (χ0n) is 42.3. The summed E-state index contributed by atoms with van der Waals surface area (Å²) in [5, 5.41) is 0. The fraction of sp³-hybridized carbons (Fsp3) is 0.525. The van der Waals surface area contributed by atoms with Crippen molar-refractivity contribution in [2.24, 2.45) is 0 Å². The molecule has 0 rings (SSSR count). The minimum Gasteiger partial charge on any atom is -0.462 e. The molecule has 0 aromatic rings. The highest BCUT2D eigenvalue weighted by molar-refractivity contribution is 5.71. The van der Waals surface area contributed by atoms with Crippen LogP contribution < -0.4 is 0 Å². The first kappa shape index (κ1) is 62.0. The van der Waals surface area contributed by atoms with Gasteiger partial charge in [-0.2, -0.15) is 0 Å². The van der Waals surface area contributed by atoms with E-state index >= 15 is 0 Å². The summed E-state index contributed by atoms with van der Waals surface area (Å²) in [6.07, 6.45) is 78.1. The van der Waals surface area contributed by atoms with Crippen molar-refractivity contribution in [3.63, 3.8) is 0 Å². The Balaban J connectivity index is 4.63. The van der Waals surface area contributed by atoms with Gasteiger partial charge in [-0.05, 0) is 128 Å². The Hall–Kier alpha value is -4.97. The van der Waals surface area contributed by atoms with E-state index in [1.54, 1.807) is 0 Å². The molecule has 6 heteroatoms. The van der Waals surface area contributed by atoms with Crippen molar-refractivity contribution in [3.05, 3.63) is 158 Å². The molecular formula is C61H92O6. The van der Waals surface area contributed by atoms with Crippen LogP contribution in [0, 0.1) is 0 Å². The molecule has 0 heterocycles. The molecule has 0 aliphatic carbocycles. The molecule has 0 saturated carbocycles. The van der Waals surface area contributed by atoms with Gasteiger partial charge in [0.05, 0.1) is 0 Å². The number of unbranched alkanes of at least 4 members (excludes halogenated alkanes) is 7. The average molecular weight is 921 g/mol. The summed E-state index contributed by atoms with van der Waals surface area (Å²) in [5.41, 5.74) is 0. The molecule has 0 fully saturated rings. The second-order valence-electron chi connectivity index (χ2n) is 16.3. The maximum Gasteiger partial charge on any atom is 0.306 e. The minimum atomic E-state index is -0.841. The normalized spacial score (nSPS) is 13.0. The maximum absolute atomic E-state index is 12.8. The lowest BCUT2D eigenvalue weighted by Gasteiger charge is -2.18. The molecule has 6 nitrogen and oxygen atoms in total. The van der Waals surface area contributed by atoms with Gasteiger partial charge in [0.1, 0.15) is 13.2 Å². The number of hydrogen-bond donors (Lipinski definition) is 0. The highest BCUT2D eigenvalue weighted by atomic mass is 16.6. The van der Waals surface area contributed by atoms with E-state index in [9.17, 15) is 14.4 Å². The lowest BCUT2D eigenvalue weighted by atomic mass is 10.1. The van der Waals surface area contributed by atoms with Gasteiger partial charge in [-0.1, -0.05) is 198 Å². The topological polar surface area (TPSA) is 78.9 Å². The molecule has 372 valence electrons. The summed E-state index contributed by atoms with van der Waals surface area (Å²) in [7, 11) is 0. The van der Waals surface area contributed by atoms with Crippen LogP contribution in [0.2, 0.25) is 0 Å². The Labute approximate surface area is 409 Å². The smallest absolute Gasteiger partial charge is 0.306 e. The number of esters is 3. The molecule has 0 N–H and O–H groups in total. The van der Waals surface area contributed by atoms with Crippen LogP contribution in [-0.4, -0.2) is 37.2 Å².